The van der Waals surface area contributed by atoms with E-state index < -0.39 is 36.3 Å². The van der Waals surface area contributed by atoms with Crippen molar-refractivity contribution in [1.82, 2.24) is 20.0 Å². The van der Waals surface area contributed by atoms with E-state index in [-0.39, 0.29) is 17.9 Å². The number of amides is 5. The maximum Gasteiger partial charge on any atom is 0.416 e. The molecule has 0 saturated carbocycles. The molecule has 0 unspecified atom stereocenters. The van der Waals surface area contributed by atoms with Gasteiger partial charge in [-0.1, -0.05) is 6.07 Å². The summed E-state index contributed by atoms with van der Waals surface area (Å²) in [6.45, 7) is 0.725. The molecule has 194 valence electrons. The van der Waals surface area contributed by atoms with Gasteiger partial charge >= 0.3 is 18.2 Å². The third kappa shape index (κ3) is 5.05. The second kappa shape index (κ2) is 10.1. The first-order valence-corrected chi connectivity index (χ1v) is 11.1. The summed E-state index contributed by atoms with van der Waals surface area (Å²) < 4.78 is 41.8. The van der Waals surface area contributed by atoms with E-state index in [1.165, 1.54) is 16.9 Å². The highest BCUT2D eigenvalue weighted by molar-refractivity contribution is 6.08. The van der Waals surface area contributed by atoms with Gasteiger partial charge in [-0.2, -0.15) is 23.5 Å². The number of nitriles is 1. The SMILES string of the molecule is CC1=C(c2ccnn2-c2ccc(C#N)cc2)CN(C(=O)NCC(N)=O)C(=O)N1c1cccc(C(F)(F)F)c1. The first-order valence-electron chi connectivity index (χ1n) is 11.1. The van der Waals surface area contributed by atoms with Crippen molar-refractivity contribution in [3.63, 3.8) is 0 Å². The topological polar surface area (TPSA) is 137 Å². The van der Waals surface area contributed by atoms with Crippen molar-refractivity contribution in [1.29, 1.82) is 5.26 Å². The summed E-state index contributed by atoms with van der Waals surface area (Å²) in [7, 11) is 0. The van der Waals surface area contributed by atoms with E-state index >= 15 is 0 Å². The fourth-order valence-electron chi connectivity index (χ4n) is 3.96. The van der Waals surface area contributed by atoms with Crippen LogP contribution in [0.25, 0.3) is 11.3 Å². The number of imide groups is 1. The molecular formula is C25H20F3N7O3. The minimum atomic E-state index is -4.66. The van der Waals surface area contributed by atoms with Crippen LogP contribution in [0, 0.1) is 11.3 Å². The molecule has 5 amide bonds. The zero-order chi connectivity index (χ0) is 27.6. The summed E-state index contributed by atoms with van der Waals surface area (Å²) in [6, 6.07) is 12.4. The van der Waals surface area contributed by atoms with Crippen molar-refractivity contribution in [2.75, 3.05) is 18.0 Å². The molecule has 3 N–H and O–H groups in total. The number of allylic oxidation sites excluding steroid dienone is 1. The number of halogens is 3. The Morgan fingerprint density at radius 1 is 1.13 bits per heavy atom. The third-order valence-corrected chi connectivity index (χ3v) is 5.79. The Kier molecular flexibility index (Phi) is 6.89. The average Bonchev–Trinajstić information content (AvgIpc) is 3.37. The molecule has 0 saturated heterocycles. The van der Waals surface area contributed by atoms with Gasteiger partial charge in [0, 0.05) is 11.3 Å². The molecular weight excluding hydrogens is 503 g/mol. The summed E-state index contributed by atoms with van der Waals surface area (Å²) in [6.07, 6.45) is -3.18. The van der Waals surface area contributed by atoms with Crippen LogP contribution in [0.5, 0.6) is 0 Å². The lowest BCUT2D eigenvalue weighted by Gasteiger charge is -2.37. The summed E-state index contributed by atoms with van der Waals surface area (Å²) in [5, 5.41) is 15.6. The van der Waals surface area contributed by atoms with Gasteiger partial charge in [-0.15, -0.1) is 0 Å². The standard InChI is InChI=1S/C25H20F3N7O3/c1-15-20(21-9-10-32-35(21)18-7-5-16(12-29)6-8-18)14-33(23(37)31-13-22(30)36)24(38)34(15)19-4-2-3-17(11-19)25(26,27)28/h2-11H,13-14H2,1H3,(H2,30,36)(H,31,37). The number of primary amides is 1. The Bertz CT molecular complexity index is 1490. The number of carbonyl (C=O) groups is 3. The second-order valence-corrected chi connectivity index (χ2v) is 8.23. The molecule has 1 aliphatic heterocycles. The number of anilines is 1. The monoisotopic (exact) mass is 523 g/mol. The van der Waals surface area contributed by atoms with E-state index in [1.54, 1.807) is 37.3 Å². The second-order valence-electron chi connectivity index (χ2n) is 8.23. The van der Waals surface area contributed by atoms with Gasteiger partial charge in [-0.05, 0) is 55.5 Å². The Labute approximate surface area is 214 Å². The number of benzene rings is 2. The van der Waals surface area contributed by atoms with Gasteiger partial charge in [0.05, 0.1) is 53.6 Å². The van der Waals surface area contributed by atoms with E-state index in [0.717, 1.165) is 28.0 Å². The molecule has 1 aliphatic rings. The van der Waals surface area contributed by atoms with Crippen LogP contribution in [-0.4, -0.2) is 45.7 Å². The van der Waals surface area contributed by atoms with Crippen molar-refractivity contribution in [3.8, 4) is 11.8 Å². The number of carbonyl (C=O) groups excluding carboxylic acids is 3. The summed E-state index contributed by atoms with van der Waals surface area (Å²) in [5.41, 5.74) is 6.11. The van der Waals surface area contributed by atoms with Gasteiger partial charge in [0.25, 0.3) is 0 Å². The molecule has 0 fully saturated rings. The third-order valence-electron chi connectivity index (χ3n) is 5.79. The van der Waals surface area contributed by atoms with Crippen LogP contribution in [0.4, 0.5) is 28.4 Å². The normalized spacial score (nSPS) is 13.9. The minimum Gasteiger partial charge on any atom is -0.368 e. The maximum atomic E-state index is 13.4. The lowest BCUT2D eigenvalue weighted by molar-refractivity contribution is -0.137. The number of hydrogen-bond donors (Lipinski definition) is 2. The highest BCUT2D eigenvalue weighted by Gasteiger charge is 2.38. The number of nitrogens with two attached hydrogens (primary N) is 1. The zero-order valence-corrected chi connectivity index (χ0v) is 19.9. The van der Waals surface area contributed by atoms with Crippen molar-refractivity contribution in [3.05, 3.63) is 83.3 Å². The fraction of sp³-hybridized carbons (Fsp3) is 0.160. The van der Waals surface area contributed by atoms with E-state index in [2.05, 4.69) is 10.4 Å². The molecule has 38 heavy (non-hydrogen) atoms. The number of nitrogens with one attached hydrogen (secondary N) is 1. The lowest BCUT2D eigenvalue weighted by Crippen LogP contribution is -2.54. The van der Waals surface area contributed by atoms with Crippen molar-refractivity contribution in [2.24, 2.45) is 5.73 Å². The fourth-order valence-corrected chi connectivity index (χ4v) is 3.96. The summed E-state index contributed by atoms with van der Waals surface area (Å²) >= 11 is 0. The first-order chi connectivity index (χ1) is 18.0. The molecule has 0 aliphatic carbocycles. The molecule has 0 bridgehead atoms. The molecule has 0 spiro atoms. The zero-order valence-electron chi connectivity index (χ0n) is 19.9. The average molecular weight is 523 g/mol. The van der Waals surface area contributed by atoms with E-state index in [0.29, 0.717) is 22.5 Å². The number of rotatable bonds is 5. The number of urea groups is 2. The van der Waals surface area contributed by atoms with Gasteiger partial charge in [-0.25, -0.2) is 19.2 Å². The van der Waals surface area contributed by atoms with Crippen molar-refractivity contribution in [2.45, 2.75) is 13.1 Å². The Morgan fingerprint density at radius 3 is 2.47 bits per heavy atom. The Hall–Kier alpha value is -5.12. The first kappa shape index (κ1) is 26.0. The van der Waals surface area contributed by atoms with Crippen LogP contribution >= 0.6 is 0 Å². The van der Waals surface area contributed by atoms with Crippen molar-refractivity contribution >= 4 is 29.2 Å². The van der Waals surface area contributed by atoms with E-state index in [1.807, 2.05) is 6.07 Å². The molecule has 10 nitrogen and oxygen atoms in total. The molecule has 4 rings (SSSR count). The highest BCUT2D eigenvalue weighted by Crippen LogP contribution is 2.36. The molecule has 13 heteroatoms. The molecule has 3 aromatic rings. The van der Waals surface area contributed by atoms with Gasteiger partial charge < -0.3 is 11.1 Å². The van der Waals surface area contributed by atoms with Crippen molar-refractivity contribution < 1.29 is 27.6 Å². The minimum absolute atomic E-state index is 0.114. The highest BCUT2D eigenvalue weighted by atomic mass is 19.4. The smallest absolute Gasteiger partial charge is 0.368 e. The van der Waals surface area contributed by atoms with Gasteiger partial charge in [0.15, 0.2) is 0 Å². The number of alkyl halides is 3. The summed E-state index contributed by atoms with van der Waals surface area (Å²) in [4.78, 5) is 39.2. The molecule has 2 aromatic carbocycles. The van der Waals surface area contributed by atoms with Gasteiger partial charge in [-0.3, -0.25) is 9.69 Å². The number of aromatic nitrogens is 2. The molecule has 0 radical (unpaired) electrons. The predicted octanol–water partition coefficient (Wildman–Crippen LogP) is 3.63. The summed E-state index contributed by atoms with van der Waals surface area (Å²) in [5.74, 6) is -0.844. The van der Waals surface area contributed by atoms with Gasteiger partial charge in [0.2, 0.25) is 5.91 Å². The number of nitrogens with zero attached hydrogens (tertiary/aromatic N) is 5. The largest absolute Gasteiger partial charge is 0.416 e. The Balaban J connectivity index is 1.85. The van der Waals surface area contributed by atoms with Crippen LogP contribution in [0.1, 0.15) is 23.7 Å². The van der Waals surface area contributed by atoms with Gasteiger partial charge in [0.1, 0.15) is 0 Å². The van der Waals surface area contributed by atoms with Crippen LogP contribution in [0.2, 0.25) is 0 Å². The van der Waals surface area contributed by atoms with Crippen LogP contribution < -0.4 is 16.0 Å². The Morgan fingerprint density at radius 2 is 1.84 bits per heavy atom. The lowest BCUT2D eigenvalue weighted by atomic mass is 10.0. The van der Waals surface area contributed by atoms with Crippen LogP contribution in [-0.2, 0) is 11.0 Å². The van der Waals surface area contributed by atoms with E-state index in [4.69, 9.17) is 11.0 Å². The van der Waals surface area contributed by atoms with Crippen LogP contribution in [0.3, 0.4) is 0 Å². The molecule has 0 atom stereocenters. The van der Waals surface area contributed by atoms with Crippen LogP contribution in [0.15, 0.2) is 66.5 Å². The molecule has 2 heterocycles. The quantitative estimate of drug-likeness (QED) is 0.526. The molecule has 1 aromatic heterocycles. The van der Waals surface area contributed by atoms with E-state index in [9.17, 15) is 27.6 Å². The predicted molar refractivity (Wildman–Crippen MR) is 129 cm³/mol. The maximum absolute atomic E-state index is 13.4. The number of hydrogen-bond acceptors (Lipinski definition) is 5.